The van der Waals surface area contributed by atoms with Crippen molar-refractivity contribution in [1.29, 1.82) is 0 Å². The molecule has 5 nitrogen and oxygen atoms in total. The highest BCUT2D eigenvalue weighted by molar-refractivity contribution is 6.30. The van der Waals surface area contributed by atoms with E-state index in [9.17, 15) is 14.4 Å². The first-order chi connectivity index (χ1) is 13.5. The standard InChI is InChI=1S/C22H18ClNO4/c23-15-7-5-14(6-8-15)13-20(25)28-17-11-9-16(10-12-17)24-21(26)18-3-1-2-4-19(18)22(24)27/h1-2,5-12,18-19H,3-4,13H2. The molecule has 2 aromatic carbocycles. The van der Waals surface area contributed by atoms with Crippen LogP contribution in [0.1, 0.15) is 18.4 Å². The number of anilines is 1. The summed E-state index contributed by atoms with van der Waals surface area (Å²) in [6.45, 7) is 0. The minimum atomic E-state index is -0.402. The Balaban J connectivity index is 1.42. The van der Waals surface area contributed by atoms with Gasteiger partial charge in [-0.2, -0.15) is 0 Å². The molecule has 1 aliphatic carbocycles. The number of hydrogen-bond donors (Lipinski definition) is 0. The van der Waals surface area contributed by atoms with Gasteiger partial charge in [-0.15, -0.1) is 0 Å². The zero-order valence-electron chi connectivity index (χ0n) is 15.0. The fourth-order valence-electron chi connectivity index (χ4n) is 3.65. The fourth-order valence-corrected chi connectivity index (χ4v) is 3.78. The van der Waals surface area contributed by atoms with Crippen molar-refractivity contribution in [3.8, 4) is 5.75 Å². The Morgan fingerprint density at radius 2 is 1.50 bits per heavy atom. The first kappa shape index (κ1) is 18.4. The van der Waals surface area contributed by atoms with Gasteiger partial charge in [0.05, 0.1) is 23.9 Å². The lowest BCUT2D eigenvalue weighted by atomic mass is 9.85. The molecule has 1 fully saturated rings. The molecule has 6 heteroatoms. The number of ether oxygens (including phenoxy) is 1. The Bertz CT molecular complexity index is 924. The summed E-state index contributed by atoms with van der Waals surface area (Å²) in [7, 11) is 0. The van der Waals surface area contributed by atoms with Gasteiger partial charge in [0, 0.05) is 5.02 Å². The minimum absolute atomic E-state index is 0.123. The maximum Gasteiger partial charge on any atom is 0.315 e. The summed E-state index contributed by atoms with van der Waals surface area (Å²) in [6, 6.07) is 13.4. The van der Waals surface area contributed by atoms with Crippen LogP contribution in [-0.2, 0) is 20.8 Å². The summed E-state index contributed by atoms with van der Waals surface area (Å²) >= 11 is 5.84. The van der Waals surface area contributed by atoms with Gasteiger partial charge in [-0.3, -0.25) is 19.3 Å². The van der Waals surface area contributed by atoms with Gasteiger partial charge in [-0.05, 0) is 54.8 Å². The van der Waals surface area contributed by atoms with Gasteiger partial charge < -0.3 is 4.74 Å². The van der Waals surface area contributed by atoms with Gasteiger partial charge in [0.15, 0.2) is 0 Å². The van der Waals surface area contributed by atoms with Gasteiger partial charge in [0.25, 0.3) is 0 Å². The van der Waals surface area contributed by atoms with E-state index >= 15 is 0 Å². The summed E-state index contributed by atoms with van der Waals surface area (Å²) in [6.07, 6.45) is 5.24. The molecule has 0 bridgehead atoms. The van der Waals surface area contributed by atoms with Crippen LogP contribution >= 0.6 is 11.6 Å². The number of imide groups is 1. The molecule has 4 rings (SSSR count). The van der Waals surface area contributed by atoms with Crippen LogP contribution < -0.4 is 9.64 Å². The third kappa shape index (κ3) is 3.58. The van der Waals surface area contributed by atoms with Crippen molar-refractivity contribution < 1.29 is 19.1 Å². The predicted octanol–water partition coefficient (Wildman–Crippen LogP) is 3.94. The lowest BCUT2D eigenvalue weighted by Gasteiger charge is -2.15. The summed E-state index contributed by atoms with van der Waals surface area (Å²) in [4.78, 5) is 38.6. The van der Waals surface area contributed by atoms with Crippen LogP contribution in [0.25, 0.3) is 0 Å². The van der Waals surface area contributed by atoms with Crippen molar-refractivity contribution in [2.75, 3.05) is 4.90 Å². The number of allylic oxidation sites excluding steroid dienone is 2. The zero-order valence-corrected chi connectivity index (χ0v) is 15.8. The molecule has 0 radical (unpaired) electrons. The molecule has 2 aliphatic rings. The largest absolute Gasteiger partial charge is 0.426 e. The fraction of sp³-hybridized carbons (Fsp3) is 0.227. The van der Waals surface area contributed by atoms with Crippen molar-refractivity contribution in [2.45, 2.75) is 19.3 Å². The molecule has 0 aromatic heterocycles. The summed E-state index contributed by atoms with van der Waals surface area (Å²) in [5, 5.41) is 0.606. The number of carbonyl (C=O) groups is 3. The molecule has 28 heavy (non-hydrogen) atoms. The Labute approximate surface area is 167 Å². The number of rotatable bonds is 4. The molecule has 0 spiro atoms. The predicted molar refractivity (Wildman–Crippen MR) is 105 cm³/mol. The molecular formula is C22H18ClNO4. The zero-order chi connectivity index (χ0) is 19.7. The Morgan fingerprint density at radius 3 is 2.07 bits per heavy atom. The number of carbonyl (C=O) groups excluding carboxylic acids is 3. The molecule has 0 saturated carbocycles. The van der Waals surface area contributed by atoms with Crippen LogP contribution in [0.4, 0.5) is 5.69 Å². The third-order valence-corrected chi connectivity index (χ3v) is 5.35. The highest BCUT2D eigenvalue weighted by atomic mass is 35.5. The van der Waals surface area contributed by atoms with Gasteiger partial charge in [0.2, 0.25) is 11.8 Å². The monoisotopic (exact) mass is 395 g/mol. The normalized spacial score (nSPS) is 21.0. The van der Waals surface area contributed by atoms with Gasteiger partial charge >= 0.3 is 5.97 Å². The molecule has 1 saturated heterocycles. The molecule has 2 atom stereocenters. The van der Waals surface area contributed by atoms with Gasteiger partial charge in [0.1, 0.15) is 5.75 Å². The number of fused-ring (bicyclic) bond motifs is 1. The molecule has 1 heterocycles. The molecule has 2 aromatic rings. The average Bonchev–Trinajstić information content (AvgIpc) is 2.95. The quantitative estimate of drug-likeness (QED) is 0.340. The van der Waals surface area contributed by atoms with Crippen LogP contribution in [0.3, 0.4) is 0 Å². The lowest BCUT2D eigenvalue weighted by Crippen LogP contribution is -2.30. The van der Waals surface area contributed by atoms with Crippen LogP contribution in [0, 0.1) is 11.8 Å². The van der Waals surface area contributed by atoms with Crippen LogP contribution in [-0.4, -0.2) is 17.8 Å². The van der Waals surface area contributed by atoms with Crippen molar-refractivity contribution in [2.24, 2.45) is 11.8 Å². The van der Waals surface area contributed by atoms with E-state index in [1.54, 1.807) is 48.5 Å². The van der Waals surface area contributed by atoms with Crippen molar-refractivity contribution in [1.82, 2.24) is 0 Å². The first-order valence-electron chi connectivity index (χ1n) is 9.11. The molecule has 142 valence electrons. The molecular weight excluding hydrogens is 378 g/mol. The number of hydrogen-bond acceptors (Lipinski definition) is 4. The Kier molecular flexibility index (Phi) is 5.01. The second kappa shape index (κ2) is 7.60. The number of nitrogens with zero attached hydrogens (tertiary/aromatic N) is 1. The van der Waals surface area contributed by atoms with E-state index in [0.29, 0.717) is 29.3 Å². The van der Waals surface area contributed by atoms with Crippen molar-refractivity contribution >= 4 is 35.1 Å². The number of esters is 1. The van der Waals surface area contributed by atoms with E-state index in [1.807, 2.05) is 12.2 Å². The van der Waals surface area contributed by atoms with Gasteiger partial charge in [-0.1, -0.05) is 35.9 Å². The second-order valence-electron chi connectivity index (χ2n) is 6.94. The van der Waals surface area contributed by atoms with E-state index in [0.717, 1.165) is 5.56 Å². The van der Waals surface area contributed by atoms with Gasteiger partial charge in [-0.25, -0.2) is 0 Å². The second-order valence-corrected chi connectivity index (χ2v) is 7.38. The molecule has 1 aliphatic heterocycles. The first-order valence-corrected chi connectivity index (χ1v) is 9.49. The van der Waals surface area contributed by atoms with E-state index in [2.05, 4.69) is 0 Å². The van der Waals surface area contributed by atoms with Crippen molar-refractivity contribution in [3.05, 3.63) is 71.3 Å². The molecule has 2 amide bonds. The topological polar surface area (TPSA) is 63.7 Å². The summed E-state index contributed by atoms with van der Waals surface area (Å²) < 4.78 is 5.34. The summed E-state index contributed by atoms with van der Waals surface area (Å²) in [5.41, 5.74) is 1.30. The highest BCUT2D eigenvalue weighted by Crippen LogP contribution is 2.37. The van der Waals surface area contributed by atoms with E-state index < -0.39 is 5.97 Å². The van der Waals surface area contributed by atoms with Crippen LogP contribution in [0.2, 0.25) is 5.02 Å². The number of amides is 2. The maximum absolute atomic E-state index is 12.6. The Hall–Kier alpha value is -2.92. The van der Waals surface area contributed by atoms with E-state index in [-0.39, 0.29) is 30.1 Å². The Morgan fingerprint density at radius 1 is 0.929 bits per heavy atom. The third-order valence-electron chi connectivity index (χ3n) is 5.10. The van der Waals surface area contributed by atoms with Crippen LogP contribution in [0.5, 0.6) is 5.75 Å². The SMILES string of the molecule is O=C(Cc1ccc(Cl)cc1)Oc1ccc(N2C(=O)C3CC=CCC3C2=O)cc1. The van der Waals surface area contributed by atoms with E-state index in [1.165, 1.54) is 4.90 Å². The number of halogens is 1. The lowest BCUT2D eigenvalue weighted by molar-refractivity contribution is -0.133. The minimum Gasteiger partial charge on any atom is -0.426 e. The maximum atomic E-state index is 12.6. The van der Waals surface area contributed by atoms with Crippen LogP contribution in [0.15, 0.2) is 60.7 Å². The molecule has 0 N–H and O–H groups in total. The summed E-state index contributed by atoms with van der Waals surface area (Å²) in [5.74, 6) is -0.899. The van der Waals surface area contributed by atoms with Crippen molar-refractivity contribution in [3.63, 3.8) is 0 Å². The number of benzene rings is 2. The van der Waals surface area contributed by atoms with E-state index in [4.69, 9.17) is 16.3 Å². The average molecular weight is 396 g/mol. The molecule has 2 unspecified atom stereocenters. The smallest absolute Gasteiger partial charge is 0.315 e. The highest BCUT2D eigenvalue weighted by Gasteiger charge is 2.47.